The van der Waals surface area contributed by atoms with Crippen LogP contribution in [0.4, 0.5) is 0 Å². The first-order valence-corrected chi connectivity index (χ1v) is 7.37. The van der Waals surface area contributed by atoms with E-state index in [4.69, 9.17) is 11.6 Å². The molecule has 0 aliphatic carbocycles. The Labute approximate surface area is 126 Å². The summed E-state index contributed by atoms with van der Waals surface area (Å²) in [6.45, 7) is 0.554. The number of pyridine rings is 1. The molecule has 20 heavy (non-hydrogen) atoms. The average Bonchev–Trinajstić information content (AvgIpc) is 2.46. The van der Waals surface area contributed by atoms with Gasteiger partial charge in [0.1, 0.15) is 0 Å². The van der Waals surface area contributed by atoms with E-state index in [0.29, 0.717) is 21.9 Å². The van der Waals surface area contributed by atoms with Crippen molar-refractivity contribution in [3.8, 4) is 0 Å². The number of nitrogens with one attached hydrogen (secondary N) is 1. The Morgan fingerprint density at radius 1 is 1.20 bits per heavy atom. The van der Waals surface area contributed by atoms with Gasteiger partial charge in [0.25, 0.3) is 5.91 Å². The number of hydrogen-bond acceptors (Lipinski definition) is 3. The van der Waals surface area contributed by atoms with Crippen molar-refractivity contribution in [2.24, 2.45) is 0 Å². The molecular weight excluding hydrogens is 296 g/mol. The fourth-order valence-electron chi connectivity index (χ4n) is 1.53. The van der Waals surface area contributed by atoms with Gasteiger partial charge in [-0.3, -0.25) is 4.79 Å². The molecule has 0 aliphatic heterocycles. The number of rotatable bonds is 5. The molecule has 1 N–H and O–H groups in total. The number of amides is 1. The molecule has 0 spiro atoms. The van der Waals surface area contributed by atoms with Crippen molar-refractivity contribution in [3.05, 3.63) is 64.6 Å². The number of nitrogens with zero attached hydrogens (tertiary/aromatic N) is 1. The lowest BCUT2D eigenvalue weighted by atomic mass is 10.2. The van der Waals surface area contributed by atoms with Gasteiger partial charge in [-0.15, -0.1) is 11.8 Å². The fourth-order valence-corrected chi connectivity index (χ4v) is 2.42. The van der Waals surface area contributed by atoms with Crippen LogP contribution in [0.15, 0.2) is 53.7 Å². The third-order valence-corrected chi connectivity index (χ3v) is 3.80. The van der Waals surface area contributed by atoms with Crippen molar-refractivity contribution in [2.75, 3.05) is 12.3 Å². The second-order valence-corrected chi connectivity index (χ2v) is 5.61. The standard InChI is InChI=1S/C14H13ClN2O2S/c15-12-1-3-13(4-2-12)20-10-7-16-14(18)11-5-8-17(19)9-6-11/h1-6,8-9H,7,10H2,(H,16,18). The van der Waals surface area contributed by atoms with Gasteiger partial charge in [-0.05, 0) is 24.3 Å². The van der Waals surface area contributed by atoms with Crippen LogP contribution in [-0.4, -0.2) is 18.2 Å². The predicted molar refractivity (Wildman–Crippen MR) is 79.9 cm³/mol. The monoisotopic (exact) mass is 308 g/mol. The summed E-state index contributed by atoms with van der Waals surface area (Å²) in [7, 11) is 0. The fraction of sp³-hybridized carbons (Fsp3) is 0.143. The van der Waals surface area contributed by atoms with Crippen LogP contribution in [0, 0.1) is 5.21 Å². The van der Waals surface area contributed by atoms with E-state index in [9.17, 15) is 10.0 Å². The van der Waals surface area contributed by atoms with Crippen molar-refractivity contribution in [1.82, 2.24) is 5.32 Å². The molecule has 0 atom stereocenters. The quantitative estimate of drug-likeness (QED) is 0.399. The predicted octanol–water partition coefficient (Wildman–Crippen LogP) is 2.50. The minimum absolute atomic E-state index is 0.178. The second-order valence-electron chi connectivity index (χ2n) is 4.00. The lowest BCUT2D eigenvalue weighted by molar-refractivity contribution is -0.605. The number of halogens is 1. The summed E-state index contributed by atoms with van der Waals surface area (Å²) in [6, 6.07) is 10.6. The third kappa shape index (κ3) is 4.43. The molecule has 0 saturated heterocycles. The zero-order chi connectivity index (χ0) is 14.4. The van der Waals surface area contributed by atoms with Crippen molar-refractivity contribution in [2.45, 2.75) is 4.90 Å². The summed E-state index contributed by atoms with van der Waals surface area (Å²) in [5, 5.41) is 14.4. The highest BCUT2D eigenvalue weighted by atomic mass is 35.5. The number of hydrogen-bond donors (Lipinski definition) is 1. The van der Waals surface area contributed by atoms with Crippen molar-refractivity contribution >= 4 is 29.3 Å². The van der Waals surface area contributed by atoms with E-state index in [1.807, 2.05) is 24.3 Å². The van der Waals surface area contributed by atoms with Crippen LogP contribution in [-0.2, 0) is 0 Å². The first kappa shape index (κ1) is 14.7. The highest BCUT2D eigenvalue weighted by Crippen LogP contribution is 2.19. The van der Waals surface area contributed by atoms with Gasteiger partial charge < -0.3 is 10.5 Å². The highest BCUT2D eigenvalue weighted by molar-refractivity contribution is 7.99. The SMILES string of the molecule is O=C(NCCSc1ccc(Cl)cc1)c1cc[n+]([O-])cc1. The van der Waals surface area contributed by atoms with Crippen molar-refractivity contribution in [3.63, 3.8) is 0 Å². The van der Waals surface area contributed by atoms with Gasteiger partial charge in [-0.25, -0.2) is 0 Å². The molecule has 1 aromatic carbocycles. The number of carbonyl (C=O) groups excluding carboxylic acids is 1. The molecule has 6 heteroatoms. The summed E-state index contributed by atoms with van der Waals surface area (Å²) in [5.74, 6) is 0.587. The van der Waals surface area contributed by atoms with Gasteiger partial charge in [0.15, 0.2) is 12.4 Å². The number of thioether (sulfide) groups is 1. The zero-order valence-electron chi connectivity index (χ0n) is 10.6. The largest absolute Gasteiger partial charge is 0.619 e. The summed E-state index contributed by atoms with van der Waals surface area (Å²) in [6.07, 6.45) is 2.61. The van der Waals surface area contributed by atoms with Crippen LogP contribution in [0.3, 0.4) is 0 Å². The smallest absolute Gasteiger partial charge is 0.251 e. The van der Waals surface area contributed by atoms with Gasteiger partial charge in [0.05, 0.1) is 5.56 Å². The minimum atomic E-state index is -0.178. The van der Waals surface area contributed by atoms with Crippen LogP contribution >= 0.6 is 23.4 Å². The molecule has 1 amide bonds. The Bertz CT molecular complexity index is 573. The van der Waals surface area contributed by atoms with E-state index < -0.39 is 0 Å². The maximum atomic E-state index is 11.8. The number of aromatic nitrogens is 1. The Morgan fingerprint density at radius 3 is 2.50 bits per heavy atom. The highest BCUT2D eigenvalue weighted by Gasteiger charge is 2.05. The number of carbonyl (C=O) groups is 1. The lowest BCUT2D eigenvalue weighted by Gasteiger charge is -2.05. The third-order valence-electron chi connectivity index (χ3n) is 2.53. The van der Waals surface area contributed by atoms with E-state index in [1.165, 1.54) is 24.5 Å². The molecular formula is C14H13ClN2O2S. The molecule has 0 bridgehead atoms. The van der Waals surface area contributed by atoms with Crippen LogP contribution in [0.25, 0.3) is 0 Å². The van der Waals surface area contributed by atoms with E-state index in [1.54, 1.807) is 11.8 Å². The summed E-state index contributed by atoms with van der Waals surface area (Å²) in [5.41, 5.74) is 0.480. The van der Waals surface area contributed by atoms with Gasteiger partial charge in [0, 0.05) is 34.3 Å². The van der Waals surface area contributed by atoms with E-state index in [2.05, 4.69) is 5.32 Å². The van der Waals surface area contributed by atoms with Crippen LogP contribution < -0.4 is 10.0 Å². The second kappa shape index (κ2) is 7.17. The maximum Gasteiger partial charge on any atom is 0.251 e. The summed E-state index contributed by atoms with van der Waals surface area (Å²) >= 11 is 7.44. The van der Waals surface area contributed by atoms with Crippen LogP contribution in [0.1, 0.15) is 10.4 Å². The molecule has 1 aromatic heterocycles. The van der Waals surface area contributed by atoms with E-state index in [0.717, 1.165) is 10.6 Å². The molecule has 4 nitrogen and oxygen atoms in total. The Morgan fingerprint density at radius 2 is 1.85 bits per heavy atom. The lowest BCUT2D eigenvalue weighted by Crippen LogP contribution is -2.28. The Balaban J connectivity index is 1.74. The molecule has 2 rings (SSSR count). The van der Waals surface area contributed by atoms with Gasteiger partial charge in [-0.1, -0.05) is 11.6 Å². The average molecular weight is 309 g/mol. The normalized spacial score (nSPS) is 10.2. The number of benzene rings is 1. The maximum absolute atomic E-state index is 11.8. The van der Waals surface area contributed by atoms with Gasteiger partial charge in [0.2, 0.25) is 0 Å². The zero-order valence-corrected chi connectivity index (χ0v) is 12.2. The molecule has 0 radical (unpaired) electrons. The van der Waals surface area contributed by atoms with Gasteiger partial charge >= 0.3 is 0 Å². The molecule has 1 heterocycles. The molecule has 0 fully saturated rings. The van der Waals surface area contributed by atoms with Crippen molar-refractivity contribution < 1.29 is 9.52 Å². The first-order valence-electron chi connectivity index (χ1n) is 6.00. The van der Waals surface area contributed by atoms with Crippen molar-refractivity contribution in [1.29, 1.82) is 0 Å². The van der Waals surface area contributed by atoms with Crippen LogP contribution in [0.5, 0.6) is 0 Å². The molecule has 0 unspecified atom stereocenters. The van der Waals surface area contributed by atoms with E-state index >= 15 is 0 Å². The van der Waals surface area contributed by atoms with Gasteiger partial charge in [-0.2, -0.15) is 4.73 Å². The van der Waals surface area contributed by atoms with Crippen LogP contribution in [0.2, 0.25) is 5.02 Å². The first-order chi connectivity index (χ1) is 9.65. The molecule has 2 aromatic rings. The minimum Gasteiger partial charge on any atom is -0.619 e. The molecule has 104 valence electrons. The van der Waals surface area contributed by atoms with E-state index in [-0.39, 0.29) is 5.91 Å². The Kier molecular flexibility index (Phi) is 5.26. The Hall–Kier alpha value is -1.72. The molecule has 0 aliphatic rings. The topological polar surface area (TPSA) is 56.0 Å². The summed E-state index contributed by atoms with van der Waals surface area (Å²) in [4.78, 5) is 12.9. The molecule has 0 saturated carbocycles. The summed E-state index contributed by atoms with van der Waals surface area (Å²) < 4.78 is 0.646.